The summed E-state index contributed by atoms with van der Waals surface area (Å²) in [4.78, 5) is 20.5. The van der Waals surface area contributed by atoms with Gasteiger partial charge in [0.1, 0.15) is 0 Å². The van der Waals surface area contributed by atoms with Crippen LogP contribution in [-0.4, -0.2) is 36.2 Å². The van der Waals surface area contributed by atoms with Gasteiger partial charge in [0, 0.05) is 58.7 Å². The molecule has 5 nitrogen and oxygen atoms in total. The van der Waals surface area contributed by atoms with Crippen LogP contribution in [-0.2, 0) is 47.0 Å². The quantitative estimate of drug-likeness (QED) is 0.517. The number of hydrogen-bond acceptors (Lipinski definition) is 3. The molecule has 0 aromatic rings. The van der Waals surface area contributed by atoms with E-state index >= 15 is 0 Å². The molecule has 0 atom stereocenters. The molecule has 6 heteroatoms. The van der Waals surface area contributed by atoms with Gasteiger partial charge in [0.15, 0.2) is 5.60 Å². The number of amides is 1. The molecule has 1 aliphatic carbocycles. The minimum atomic E-state index is -1.09. The van der Waals surface area contributed by atoms with Crippen LogP contribution in [0, 0.1) is 0 Å². The summed E-state index contributed by atoms with van der Waals surface area (Å²) < 4.78 is 4.84. The van der Waals surface area contributed by atoms with E-state index in [4.69, 9.17) is 9.84 Å². The van der Waals surface area contributed by atoms with Crippen LogP contribution in [0.15, 0.2) is 0 Å². The molecule has 0 saturated heterocycles. The first-order valence-corrected chi connectivity index (χ1v) is 3.56. The molecule has 1 aliphatic rings. The third-order valence-corrected chi connectivity index (χ3v) is 2.20. The standard InChI is InChI=1S/C7H10NO4.Y/c1-12-7(6(10)11)2-5(3-7)8-4-9;/h5H,2-3H2,1H3,(H,8,9)(H,10,11);/q-1;. The summed E-state index contributed by atoms with van der Waals surface area (Å²) in [6, 6.07) is -0.112. The number of carbonyl (C=O) groups excluding carboxylic acids is 1. The summed E-state index contributed by atoms with van der Waals surface area (Å²) >= 11 is 0. The molecule has 0 heterocycles. The van der Waals surface area contributed by atoms with Crippen LogP contribution in [0.2, 0.25) is 0 Å². The molecule has 1 saturated carbocycles. The Morgan fingerprint density at radius 3 is 2.54 bits per heavy atom. The average Bonchev–Trinajstić information content (AvgIpc) is 1.95. The van der Waals surface area contributed by atoms with Gasteiger partial charge in [-0.3, -0.25) is 0 Å². The molecule has 13 heavy (non-hydrogen) atoms. The molecule has 0 aromatic carbocycles. The summed E-state index contributed by atoms with van der Waals surface area (Å²) in [5.41, 5.74) is -1.09. The zero-order valence-corrected chi connectivity index (χ0v) is 10.1. The monoisotopic (exact) mass is 261 g/mol. The Morgan fingerprint density at radius 1 is 1.69 bits per heavy atom. The normalized spacial score (nSPS) is 31.0. The Morgan fingerprint density at radius 2 is 2.23 bits per heavy atom. The van der Waals surface area contributed by atoms with Crippen molar-refractivity contribution >= 4 is 12.4 Å². The molecule has 0 spiro atoms. The molecule has 0 aromatic heterocycles. The second-order valence-corrected chi connectivity index (χ2v) is 2.86. The minimum Gasteiger partial charge on any atom is -0.527 e. The molecule has 2 N–H and O–H groups in total. The second kappa shape index (κ2) is 5.03. The van der Waals surface area contributed by atoms with E-state index in [0.29, 0.717) is 12.8 Å². The Labute approximate surface area is 101 Å². The van der Waals surface area contributed by atoms with Crippen molar-refractivity contribution in [1.82, 2.24) is 5.32 Å². The number of carboxylic acid groups (broad SMARTS) is 1. The molecule has 1 rings (SSSR count). The second-order valence-electron chi connectivity index (χ2n) is 2.86. The molecule has 0 unspecified atom stereocenters. The average molecular weight is 261 g/mol. The van der Waals surface area contributed by atoms with Gasteiger partial charge in [-0.2, -0.15) is 6.41 Å². The number of rotatable bonds is 4. The maximum absolute atomic E-state index is 10.6. The van der Waals surface area contributed by atoms with E-state index in [1.54, 1.807) is 0 Å². The Balaban J connectivity index is 0.00000144. The fourth-order valence-corrected chi connectivity index (χ4v) is 1.35. The fourth-order valence-electron chi connectivity index (χ4n) is 1.35. The molecular formula is C7H10NO4Y-. The number of aliphatic carboxylic acids is 1. The summed E-state index contributed by atoms with van der Waals surface area (Å²) in [6.45, 7) is 0. The number of nitrogens with one attached hydrogen (secondary N) is 1. The first-order valence-electron chi connectivity index (χ1n) is 3.56. The smallest absolute Gasteiger partial charge is 0.336 e. The van der Waals surface area contributed by atoms with Crippen molar-refractivity contribution in [3.8, 4) is 0 Å². The van der Waals surface area contributed by atoms with Gasteiger partial charge in [0.25, 0.3) is 0 Å². The first kappa shape index (κ1) is 13.0. The zero-order chi connectivity index (χ0) is 9.19. The van der Waals surface area contributed by atoms with Crippen LogP contribution in [0.4, 0.5) is 0 Å². The van der Waals surface area contributed by atoms with Crippen LogP contribution in [0.1, 0.15) is 12.8 Å². The van der Waals surface area contributed by atoms with Gasteiger partial charge in [0.2, 0.25) is 0 Å². The van der Waals surface area contributed by atoms with Crippen LogP contribution in [0.3, 0.4) is 0 Å². The molecule has 0 bridgehead atoms. The molecule has 0 aliphatic heterocycles. The van der Waals surface area contributed by atoms with Gasteiger partial charge in [-0.05, 0) is 0 Å². The van der Waals surface area contributed by atoms with Crippen molar-refractivity contribution in [3.63, 3.8) is 0 Å². The van der Waals surface area contributed by atoms with E-state index < -0.39 is 11.6 Å². The predicted octanol–water partition coefficient (Wildman–Crippen LogP) is -0.727. The van der Waals surface area contributed by atoms with Gasteiger partial charge in [-0.1, -0.05) is 0 Å². The predicted molar refractivity (Wildman–Crippen MR) is 39.2 cm³/mol. The Hall–Kier alpha value is 0.00390. The van der Waals surface area contributed by atoms with E-state index in [-0.39, 0.29) is 38.8 Å². The fraction of sp³-hybridized carbons (Fsp3) is 0.714. The van der Waals surface area contributed by atoms with Crippen molar-refractivity contribution in [3.05, 3.63) is 0 Å². The zero-order valence-electron chi connectivity index (χ0n) is 7.24. The maximum atomic E-state index is 10.6. The van der Waals surface area contributed by atoms with Crippen LogP contribution in [0.5, 0.6) is 0 Å². The topological polar surface area (TPSA) is 75.6 Å². The SMILES string of the molecule is COC1(C(=O)O)CC(N[C-]=O)C1.[Y]. The number of carbonyl (C=O) groups is 1. The van der Waals surface area contributed by atoms with E-state index in [1.165, 1.54) is 13.5 Å². The number of hydrogen-bond donors (Lipinski definition) is 2. The van der Waals surface area contributed by atoms with Crippen molar-refractivity contribution in [2.45, 2.75) is 24.5 Å². The van der Waals surface area contributed by atoms with Crippen molar-refractivity contribution in [2.75, 3.05) is 7.11 Å². The first-order chi connectivity index (χ1) is 5.64. The summed E-state index contributed by atoms with van der Waals surface area (Å²) in [5, 5.41) is 11.1. The Kier molecular flexibility index (Phi) is 5.03. The maximum Gasteiger partial charge on any atom is 0.336 e. The minimum absolute atomic E-state index is 0. The molecule has 71 valence electrons. The van der Waals surface area contributed by atoms with Crippen LogP contribution < -0.4 is 5.32 Å². The van der Waals surface area contributed by atoms with Gasteiger partial charge in [0.05, 0.1) is 0 Å². The molecule has 1 radical (unpaired) electrons. The number of carboxylic acids is 1. The van der Waals surface area contributed by atoms with E-state index in [2.05, 4.69) is 5.32 Å². The molecular weight excluding hydrogens is 251 g/mol. The summed E-state index contributed by atoms with van der Waals surface area (Å²) in [5.74, 6) is -0.978. The van der Waals surface area contributed by atoms with Crippen LogP contribution >= 0.6 is 0 Å². The molecule has 1 amide bonds. The number of methoxy groups -OCH3 is 1. The Bertz CT molecular complexity index is 203. The largest absolute Gasteiger partial charge is 0.527 e. The molecule has 1 fully saturated rings. The van der Waals surface area contributed by atoms with Gasteiger partial charge in [-0.25, -0.2) is 4.79 Å². The van der Waals surface area contributed by atoms with Crippen LogP contribution in [0.25, 0.3) is 0 Å². The van der Waals surface area contributed by atoms with Crippen molar-refractivity contribution in [2.24, 2.45) is 0 Å². The summed E-state index contributed by atoms with van der Waals surface area (Å²) in [7, 11) is 1.36. The van der Waals surface area contributed by atoms with E-state index in [0.717, 1.165) is 0 Å². The van der Waals surface area contributed by atoms with Gasteiger partial charge >= 0.3 is 5.97 Å². The summed E-state index contributed by atoms with van der Waals surface area (Å²) in [6.07, 6.45) is 2.15. The third kappa shape index (κ3) is 2.48. The number of ether oxygens (including phenoxy) is 1. The van der Waals surface area contributed by atoms with E-state index in [1.807, 2.05) is 0 Å². The van der Waals surface area contributed by atoms with E-state index in [9.17, 15) is 9.59 Å². The van der Waals surface area contributed by atoms with Crippen molar-refractivity contribution in [1.29, 1.82) is 0 Å². The van der Waals surface area contributed by atoms with Gasteiger partial charge in [-0.15, -0.1) is 0 Å². The third-order valence-electron chi connectivity index (χ3n) is 2.20. The van der Waals surface area contributed by atoms with Crippen molar-refractivity contribution < 1.29 is 52.1 Å². The van der Waals surface area contributed by atoms with Gasteiger partial charge < -0.3 is 20.0 Å².